The second-order valence-electron chi connectivity index (χ2n) is 4.82. The van der Waals surface area contributed by atoms with Crippen LogP contribution >= 0.6 is 0 Å². The van der Waals surface area contributed by atoms with Gasteiger partial charge in [0, 0.05) is 18.7 Å². The van der Waals surface area contributed by atoms with Crippen LogP contribution in [0.5, 0.6) is 5.75 Å². The van der Waals surface area contributed by atoms with Crippen LogP contribution in [0.15, 0.2) is 48.5 Å². The van der Waals surface area contributed by atoms with Crippen LogP contribution in [0.2, 0.25) is 0 Å². The number of rotatable bonds is 7. The fraction of sp³-hybridized carbons (Fsp3) is 0.294. The number of nitrogens with two attached hydrogens (primary N) is 1. The van der Waals surface area contributed by atoms with Gasteiger partial charge in [-0.1, -0.05) is 30.3 Å². The van der Waals surface area contributed by atoms with E-state index in [1.165, 1.54) is 12.1 Å². The van der Waals surface area contributed by atoms with Crippen LogP contribution in [0.25, 0.3) is 0 Å². The average Bonchev–Trinajstić information content (AvgIpc) is 2.48. The van der Waals surface area contributed by atoms with E-state index in [1.54, 1.807) is 13.2 Å². The Hall–Kier alpha value is -1.91. The number of benzene rings is 2. The van der Waals surface area contributed by atoms with E-state index in [2.05, 4.69) is 0 Å². The van der Waals surface area contributed by atoms with Gasteiger partial charge in [-0.25, -0.2) is 4.39 Å². The molecule has 2 aromatic carbocycles. The average molecular weight is 289 g/mol. The molecule has 0 fully saturated rings. The molecule has 2 rings (SSSR count). The Bertz CT molecular complexity index is 574. The zero-order chi connectivity index (χ0) is 15.1. The summed E-state index contributed by atoms with van der Waals surface area (Å²) in [5.74, 6) is 0.503. The lowest BCUT2D eigenvalue weighted by molar-refractivity contribution is 0.145. The molecule has 0 spiro atoms. The number of halogens is 1. The van der Waals surface area contributed by atoms with E-state index >= 15 is 0 Å². The summed E-state index contributed by atoms with van der Waals surface area (Å²) in [5.41, 5.74) is 8.03. The molecule has 2 N–H and O–H groups in total. The van der Waals surface area contributed by atoms with Crippen LogP contribution < -0.4 is 10.5 Å². The Morgan fingerprint density at radius 3 is 2.67 bits per heavy atom. The number of hydrogen-bond donors (Lipinski definition) is 1. The van der Waals surface area contributed by atoms with Crippen molar-refractivity contribution in [1.29, 1.82) is 0 Å². The first-order valence-electron chi connectivity index (χ1n) is 6.91. The smallest absolute Gasteiger partial charge is 0.124 e. The second kappa shape index (κ2) is 7.76. The van der Waals surface area contributed by atoms with Crippen LogP contribution in [0.1, 0.15) is 17.2 Å². The molecule has 2 aromatic rings. The topological polar surface area (TPSA) is 44.5 Å². The van der Waals surface area contributed by atoms with Crippen molar-refractivity contribution in [2.45, 2.75) is 12.5 Å². The van der Waals surface area contributed by atoms with E-state index in [0.29, 0.717) is 19.6 Å². The van der Waals surface area contributed by atoms with Gasteiger partial charge in [-0.3, -0.25) is 0 Å². The quantitative estimate of drug-likeness (QED) is 0.797. The molecule has 0 saturated heterocycles. The van der Waals surface area contributed by atoms with Crippen molar-refractivity contribution < 1.29 is 13.9 Å². The molecule has 0 saturated carbocycles. The van der Waals surface area contributed by atoms with Crippen LogP contribution in [0.3, 0.4) is 0 Å². The van der Waals surface area contributed by atoms with Gasteiger partial charge in [0.1, 0.15) is 18.2 Å². The Morgan fingerprint density at radius 2 is 1.90 bits per heavy atom. The van der Waals surface area contributed by atoms with Gasteiger partial charge in [0.2, 0.25) is 0 Å². The highest BCUT2D eigenvalue weighted by molar-refractivity contribution is 5.37. The maximum absolute atomic E-state index is 13.2. The van der Waals surface area contributed by atoms with Crippen molar-refractivity contribution in [2.24, 2.45) is 5.73 Å². The minimum absolute atomic E-state index is 0.245. The van der Waals surface area contributed by atoms with E-state index < -0.39 is 0 Å². The summed E-state index contributed by atoms with van der Waals surface area (Å²) in [6.45, 7) is 0.994. The van der Waals surface area contributed by atoms with Crippen molar-refractivity contribution in [2.75, 3.05) is 20.3 Å². The minimum atomic E-state index is -0.246. The fourth-order valence-corrected chi connectivity index (χ4v) is 2.18. The van der Waals surface area contributed by atoms with Crippen molar-refractivity contribution in [3.8, 4) is 5.75 Å². The summed E-state index contributed by atoms with van der Waals surface area (Å²) in [7, 11) is 1.63. The van der Waals surface area contributed by atoms with Gasteiger partial charge in [0.05, 0.1) is 6.61 Å². The van der Waals surface area contributed by atoms with Crippen molar-refractivity contribution in [1.82, 2.24) is 0 Å². The highest BCUT2D eigenvalue weighted by atomic mass is 19.1. The Kier molecular flexibility index (Phi) is 5.72. The summed E-state index contributed by atoms with van der Waals surface area (Å²) < 4.78 is 23.9. The molecule has 0 aromatic heterocycles. The number of methoxy groups -OCH3 is 1. The molecule has 21 heavy (non-hydrogen) atoms. The third-order valence-corrected chi connectivity index (χ3v) is 3.21. The molecule has 0 amide bonds. The fourth-order valence-electron chi connectivity index (χ4n) is 2.18. The van der Waals surface area contributed by atoms with Gasteiger partial charge in [0.25, 0.3) is 0 Å². The predicted molar refractivity (Wildman–Crippen MR) is 80.8 cm³/mol. The van der Waals surface area contributed by atoms with E-state index in [-0.39, 0.29) is 11.9 Å². The van der Waals surface area contributed by atoms with Gasteiger partial charge in [-0.15, -0.1) is 0 Å². The van der Waals surface area contributed by atoms with Gasteiger partial charge in [0.15, 0.2) is 0 Å². The van der Waals surface area contributed by atoms with Crippen LogP contribution in [0, 0.1) is 5.82 Å². The summed E-state index contributed by atoms with van der Waals surface area (Å²) in [5, 5.41) is 0. The molecule has 112 valence electrons. The highest BCUT2D eigenvalue weighted by Crippen LogP contribution is 2.26. The standard InChI is InChI=1S/C17H20FNO2/c1-20-9-10-21-17-8-3-2-7-15(17)16(19)12-13-5-4-6-14(18)11-13/h2-8,11,16H,9-10,12,19H2,1H3. The van der Waals surface area contributed by atoms with Crippen LogP contribution in [-0.2, 0) is 11.2 Å². The van der Waals surface area contributed by atoms with Crippen molar-refractivity contribution in [3.63, 3.8) is 0 Å². The number of para-hydroxylation sites is 1. The largest absolute Gasteiger partial charge is 0.491 e. The molecule has 1 unspecified atom stereocenters. The molecule has 0 radical (unpaired) electrons. The normalized spacial score (nSPS) is 12.1. The molecule has 0 aliphatic rings. The number of hydrogen-bond acceptors (Lipinski definition) is 3. The zero-order valence-electron chi connectivity index (χ0n) is 12.1. The lowest BCUT2D eigenvalue weighted by Gasteiger charge is -2.17. The molecular weight excluding hydrogens is 269 g/mol. The summed E-state index contributed by atoms with van der Waals surface area (Å²) >= 11 is 0. The molecule has 0 aliphatic carbocycles. The maximum Gasteiger partial charge on any atom is 0.124 e. The molecule has 0 aliphatic heterocycles. The van der Waals surface area contributed by atoms with E-state index in [9.17, 15) is 4.39 Å². The predicted octanol–water partition coefficient (Wildman–Crippen LogP) is 3.09. The molecular formula is C17H20FNO2. The zero-order valence-corrected chi connectivity index (χ0v) is 12.1. The first-order chi connectivity index (χ1) is 10.2. The molecule has 3 nitrogen and oxygen atoms in total. The van der Waals surface area contributed by atoms with Gasteiger partial charge >= 0.3 is 0 Å². The third-order valence-electron chi connectivity index (χ3n) is 3.21. The Morgan fingerprint density at radius 1 is 1.10 bits per heavy atom. The minimum Gasteiger partial charge on any atom is -0.491 e. The van der Waals surface area contributed by atoms with Gasteiger partial charge in [-0.05, 0) is 30.2 Å². The number of ether oxygens (including phenoxy) is 2. The summed E-state index contributed by atoms with van der Waals surface area (Å²) in [6, 6.07) is 13.9. The highest BCUT2D eigenvalue weighted by Gasteiger charge is 2.13. The summed E-state index contributed by atoms with van der Waals surface area (Å²) in [6.07, 6.45) is 0.558. The Balaban J connectivity index is 2.09. The summed E-state index contributed by atoms with van der Waals surface area (Å²) in [4.78, 5) is 0. The molecule has 1 atom stereocenters. The second-order valence-corrected chi connectivity index (χ2v) is 4.82. The third kappa shape index (κ3) is 4.55. The Labute approximate surface area is 124 Å². The van der Waals surface area contributed by atoms with Crippen LogP contribution in [0.4, 0.5) is 4.39 Å². The first kappa shape index (κ1) is 15.5. The molecule has 0 bridgehead atoms. The first-order valence-corrected chi connectivity index (χ1v) is 6.91. The van der Waals surface area contributed by atoms with E-state index in [0.717, 1.165) is 16.9 Å². The lowest BCUT2D eigenvalue weighted by Crippen LogP contribution is -2.16. The van der Waals surface area contributed by atoms with Crippen molar-refractivity contribution >= 4 is 0 Å². The molecule has 4 heteroatoms. The van der Waals surface area contributed by atoms with Crippen molar-refractivity contribution in [3.05, 3.63) is 65.5 Å². The van der Waals surface area contributed by atoms with Gasteiger partial charge < -0.3 is 15.2 Å². The lowest BCUT2D eigenvalue weighted by atomic mass is 9.99. The SMILES string of the molecule is COCCOc1ccccc1C(N)Cc1cccc(F)c1. The van der Waals surface area contributed by atoms with E-state index in [4.69, 9.17) is 15.2 Å². The van der Waals surface area contributed by atoms with Crippen LogP contribution in [-0.4, -0.2) is 20.3 Å². The monoisotopic (exact) mass is 289 g/mol. The maximum atomic E-state index is 13.2. The van der Waals surface area contributed by atoms with E-state index in [1.807, 2.05) is 30.3 Å². The van der Waals surface area contributed by atoms with Gasteiger partial charge in [-0.2, -0.15) is 0 Å². The molecule has 0 heterocycles.